The monoisotopic (exact) mass is 387 g/mol. The molecular weight excluding hydrogens is 362 g/mol. The van der Waals surface area contributed by atoms with Crippen LogP contribution in [0.2, 0.25) is 5.02 Å². The second kappa shape index (κ2) is 10.7. The molecule has 0 radical (unpaired) electrons. The molecule has 5 nitrogen and oxygen atoms in total. The van der Waals surface area contributed by atoms with Crippen LogP contribution in [0, 0.1) is 0 Å². The SMILES string of the molecule is CCCN(CCC)C(=O)c1cccc(C(=O)NCCc2ccc(Cl)cc2)n1. The zero-order valence-corrected chi connectivity index (χ0v) is 16.6. The third-order valence-corrected chi connectivity index (χ3v) is 4.34. The second-order valence-corrected chi connectivity index (χ2v) is 6.77. The highest BCUT2D eigenvalue weighted by atomic mass is 35.5. The summed E-state index contributed by atoms with van der Waals surface area (Å²) in [6.07, 6.45) is 2.47. The van der Waals surface area contributed by atoms with Gasteiger partial charge in [0, 0.05) is 24.7 Å². The van der Waals surface area contributed by atoms with Gasteiger partial charge in [0.15, 0.2) is 0 Å². The summed E-state index contributed by atoms with van der Waals surface area (Å²) in [7, 11) is 0. The van der Waals surface area contributed by atoms with E-state index in [0.717, 1.165) is 18.4 Å². The summed E-state index contributed by atoms with van der Waals surface area (Å²) < 4.78 is 0. The number of hydrogen-bond acceptors (Lipinski definition) is 3. The van der Waals surface area contributed by atoms with E-state index < -0.39 is 0 Å². The Morgan fingerprint density at radius 1 is 1.00 bits per heavy atom. The van der Waals surface area contributed by atoms with Crippen molar-refractivity contribution in [2.75, 3.05) is 19.6 Å². The quantitative estimate of drug-likeness (QED) is 0.708. The fourth-order valence-corrected chi connectivity index (χ4v) is 2.88. The number of hydrogen-bond donors (Lipinski definition) is 1. The summed E-state index contributed by atoms with van der Waals surface area (Å²) in [5.74, 6) is -0.411. The molecule has 2 amide bonds. The van der Waals surface area contributed by atoms with Crippen molar-refractivity contribution in [1.29, 1.82) is 0 Å². The molecule has 1 heterocycles. The lowest BCUT2D eigenvalue weighted by atomic mass is 10.1. The van der Waals surface area contributed by atoms with Gasteiger partial charge in [0.1, 0.15) is 11.4 Å². The van der Waals surface area contributed by atoms with Gasteiger partial charge in [0.25, 0.3) is 11.8 Å². The minimum absolute atomic E-state index is 0.130. The Kier molecular flexibility index (Phi) is 8.27. The van der Waals surface area contributed by atoms with Gasteiger partial charge in [-0.2, -0.15) is 0 Å². The smallest absolute Gasteiger partial charge is 0.272 e. The van der Waals surface area contributed by atoms with Gasteiger partial charge in [0.05, 0.1) is 0 Å². The summed E-state index contributed by atoms with van der Waals surface area (Å²) >= 11 is 5.87. The highest BCUT2D eigenvalue weighted by Crippen LogP contribution is 2.10. The van der Waals surface area contributed by atoms with Crippen LogP contribution in [0.4, 0.5) is 0 Å². The van der Waals surface area contributed by atoms with Crippen molar-refractivity contribution in [1.82, 2.24) is 15.2 Å². The van der Waals surface area contributed by atoms with Gasteiger partial charge in [-0.25, -0.2) is 4.98 Å². The van der Waals surface area contributed by atoms with Crippen LogP contribution in [-0.2, 0) is 6.42 Å². The van der Waals surface area contributed by atoms with Crippen LogP contribution in [0.15, 0.2) is 42.5 Å². The number of nitrogens with one attached hydrogen (secondary N) is 1. The lowest BCUT2D eigenvalue weighted by Crippen LogP contribution is -2.34. The molecule has 2 rings (SSSR count). The molecule has 0 unspecified atom stereocenters. The first-order valence-electron chi connectivity index (χ1n) is 9.34. The number of aromatic nitrogens is 1. The topological polar surface area (TPSA) is 62.3 Å². The molecule has 27 heavy (non-hydrogen) atoms. The number of carbonyl (C=O) groups is 2. The zero-order chi connectivity index (χ0) is 19.6. The number of benzene rings is 1. The molecule has 0 aliphatic carbocycles. The van der Waals surface area contributed by atoms with E-state index in [1.54, 1.807) is 23.1 Å². The summed E-state index contributed by atoms with van der Waals surface area (Å²) in [6, 6.07) is 12.5. The Hall–Kier alpha value is -2.40. The Labute approximate surface area is 165 Å². The summed E-state index contributed by atoms with van der Waals surface area (Å²) in [6.45, 7) is 5.93. The molecule has 0 aliphatic heterocycles. The minimum Gasteiger partial charge on any atom is -0.350 e. The maximum Gasteiger partial charge on any atom is 0.272 e. The molecule has 0 aliphatic rings. The first-order chi connectivity index (χ1) is 13.0. The van der Waals surface area contributed by atoms with Gasteiger partial charge in [-0.1, -0.05) is 43.6 Å². The number of pyridine rings is 1. The Morgan fingerprint density at radius 3 is 2.26 bits per heavy atom. The van der Waals surface area contributed by atoms with Crippen molar-refractivity contribution >= 4 is 23.4 Å². The van der Waals surface area contributed by atoms with E-state index in [9.17, 15) is 9.59 Å². The molecule has 0 spiro atoms. The summed E-state index contributed by atoms with van der Waals surface area (Å²) in [4.78, 5) is 31.1. The Balaban J connectivity index is 1.97. The lowest BCUT2D eigenvalue weighted by molar-refractivity contribution is 0.0749. The van der Waals surface area contributed by atoms with Crippen LogP contribution in [0.3, 0.4) is 0 Å². The number of halogens is 1. The van der Waals surface area contributed by atoms with E-state index in [4.69, 9.17) is 11.6 Å². The maximum atomic E-state index is 12.6. The fraction of sp³-hybridized carbons (Fsp3) is 0.381. The van der Waals surface area contributed by atoms with E-state index in [-0.39, 0.29) is 17.5 Å². The standard InChI is InChI=1S/C21H26ClN3O2/c1-3-14-25(15-4-2)21(27)19-7-5-6-18(24-19)20(26)23-13-12-16-8-10-17(22)11-9-16/h5-11H,3-4,12-15H2,1-2H3,(H,23,26). The van der Waals surface area contributed by atoms with Crippen molar-refractivity contribution in [2.24, 2.45) is 0 Å². The number of rotatable bonds is 9. The maximum absolute atomic E-state index is 12.6. The third-order valence-electron chi connectivity index (χ3n) is 4.09. The zero-order valence-electron chi connectivity index (χ0n) is 15.9. The minimum atomic E-state index is -0.281. The molecule has 1 aromatic heterocycles. The lowest BCUT2D eigenvalue weighted by Gasteiger charge is -2.21. The molecular formula is C21H26ClN3O2. The van der Waals surface area contributed by atoms with E-state index >= 15 is 0 Å². The van der Waals surface area contributed by atoms with E-state index in [0.29, 0.717) is 36.8 Å². The van der Waals surface area contributed by atoms with Crippen LogP contribution < -0.4 is 5.32 Å². The fourth-order valence-electron chi connectivity index (χ4n) is 2.76. The van der Waals surface area contributed by atoms with E-state index in [1.807, 2.05) is 38.1 Å². The van der Waals surface area contributed by atoms with Crippen LogP contribution in [-0.4, -0.2) is 41.3 Å². The van der Waals surface area contributed by atoms with Crippen LogP contribution in [0.1, 0.15) is 53.2 Å². The Morgan fingerprint density at radius 2 is 1.63 bits per heavy atom. The predicted molar refractivity (Wildman–Crippen MR) is 108 cm³/mol. The summed E-state index contributed by atoms with van der Waals surface area (Å²) in [5.41, 5.74) is 1.65. The van der Waals surface area contributed by atoms with Gasteiger partial charge in [-0.05, 0) is 49.1 Å². The van der Waals surface area contributed by atoms with E-state index in [2.05, 4.69) is 10.3 Å². The summed E-state index contributed by atoms with van der Waals surface area (Å²) in [5, 5.41) is 3.54. The first kappa shape index (κ1) is 20.9. The molecule has 1 N–H and O–H groups in total. The number of nitrogens with zero attached hydrogens (tertiary/aromatic N) is 2. The third kappa shape index (κ3) is 6.36. The molecule has 2 aromatic rings. The molecule has 144 valence electrons. The van der Waals surface area contributed by atoms with Crippen molar-refractivity contribution in [2.45, 2.75) is 33.1 Å². The molecule has 0 atom stereocenters. The highest BCUT2D eigenvalue weighted by Gasteiger charge is 2.17. The number of carbonyl (C=O) groups excluding carboxylic acids is 2. The molecule has 1 aromatic carbocycles. The number of amides is 2. The molecule has 0 bridgehead atoms. The molecule has 0 saturated carbocycles. The first-order valence-corrected chi connectivity index (χ1v) is 9.72. The Bertz CT molecular complexity index is 756. The normalized spacial score (nSPS) is 10.5. The molecule has 0 saturated heterocycles. The van der Waals surface area contributed by atoms with Gasteiger partial charge < -0.3 is 10.2 Å². The van der Waals surface area contributed by atoms with Gasteiger partial charge in [0.2, 0.25) is 0 Å². The molecule has 0 fully saturated rings. The van der Waals surface area contributed by atoms with Crippen molar-refractivity contribution in [3.63, 3.8) is 0 Å². The van der Waals surface area contributed by atoms with Gasteiger partial charge >= 0.3 is 0 Å². The van der Waals surface area contributed by atoms with E-state index in [1.165, 1.54) is 0 Å². The highest BCUT2D eigenvalue weighted by molar-refractivity contribution is 6.30. The van der Waals surface area contributed by atoms with Crippen molar-refractivity contribution in [3.8, 4) is 0 Å². The van der Waals surface area contributed by atoms with Crippen LogP contribution in [0.25, 0.3) is 0 Å². The molecule has 6 heteroatoms. The second-order valence-electron chi connectivity index (χ2n) is 6.33. The predicted octanol–water partition coefficient (Wildman–Crippen LogP) is 3.97. The largest absolute Gasteiger partial charge is 0.350 e. The average Bonchev–Trinajstić information content (AvgIpc) is 2.69. The average molecular weight is 388 g/mol. The van der Waals surface area contributed by atoms with Gasteiger partial charge in [-0.3, -0.25) is 9.59 Å². The van der Waals surface area contributed by atoms with Crippen molar-refractivity contribution in [3.05, 3.63) is 64.4 Å². The van der Waals surface area contributed by atoms with Crippen molar-refractivity contribution < 1.29 is 9.59 Å². The van der Waals surface area contributed by atoms with Crippen LogP contribution >= 0.6 is 11.6 Å². The van der Waals surface area contributed by atoms with Crippen LogP contribution in [0.5, 0.6) is 0 Å². The van der Waals surface area contributed by atoms with Gasteiger partial charge in [-0.15, -0.1) is 0 Å².